The van der Waals surface area contributed by atoms with Crippen LogP contribution in [-0.2, 0) is 13.0 Å². The van der Waals surface area contributed by atoms with Gasteiger partial charge in [0.15, 0.2) is 5.82 Å². The van der Waals surface area contributed by atoms with Crippen LogP contribution in [0.5, 0.6) is 0 Å². The van der Waals surface area contributed by atoms with E-state index in [4.69, 9.17) is 17.3 Å². The number of aryl methyl sites for hydroxylation is 1. The summed E-state index contributed by atoms with van der Waals surface area (Å²) in [6.07, 6.45) is 2.15. The highest BCUT2D eigenvalue weighted by Gasteiger charge is 2.18. The Hall–Kier alpha value is -1.55. The van der Waals surface area contributed by atoms with Crippen LogP contribution in [0.3, 0.4) is 0 Å². The molecular formula is C11H11ClN4. The minimum Gasteiger partial charge on any atom is -0.398 e. The van der Waals surface area contributed by atoms with Crippen molar-refractivity contribution in [2.75, 3.05) is 5.73 Å². The molecule has 4 nitrogen and oxygen atoms in total. The zero-order valence-corrected chi connectivity index (χ0v) is 9.41. The lowest BCUT2D eigenvalue weighted by atomic mass is 10.2. The molecule has 16 heavy (non-hydrogen) atoms. The fraction of sp³-hybridized carbons (Fsp3) is 0.273. The van der Waals surface area contributed by atoms with Crippen LogP contribution in [0.1, 0.15) is 12.2 Å². The van der Waals surface area contributed by atoms with Crippen LogP contribution >= 0.6 is 11.6 Å². The van der Waals surface area contributed by atoms with Gasteiger partial charge in [0.2, 0.25) is 0 Å². The van der Waals surface area contributed by atoms with Crippen molar-refractivity contribution in [2.45, 2.75) is 19.4 Å². The van der Waals surface area contributed by atoms with Crippen molar-refractivity contribution in [1.29, 1.82) is 0 Å². The summed E-state index contributed by atoms with van der Waals surface area (Å²) in [5.41, 5.74) is 7.34. The number of nitrogen functional groups attached to an aromatic ring is 1. The van der Waals surface area contributed by atoms with Crippen molar-refractivity contribution in [2.24, 2.45) is 0 Å². The topological polar surface area (TPSA) is 56.7 Å². The SMILES string of the molecule is Nc1cc(-c2nnc3n2CCC3)ccc1Cl. The number of halogens is 1. The van der Waals surface area contributed by atoms with Gasteiger partial charge in [0.25, 0.3) is 0 Å². The molecule has 0 unspecified atom stereocenters. The van der Waals surface area contributed by atoms with E-state index in [1.54, 1.807) is 6.07 Å². The molecule has 0 bridgehead atoms. The Kier molecular flexibility index (Phi) is 2.11. The van der Waals surface area contributed by atoms with E-state index >= 15 is 0 Å². The molecule has 0 spiro atoms. The van der Waals surface area contributed by atoms with E-state index in [0.29, 0.717) is 10.7 Å². The van der Waals surface area contributed by atoms with Crippen molar-refractivity contribution in [3.8, 4) is 11.4 Å². The first-order valence-corrected chi connectivity index (χ1v) is 5.61. The lowest BCUT2D eigenvalue weighted by molar-refractivity contribution is 0.748. The molecule has 1 aliphatic heterocycles. The average molecular weight is 235 g/mol. The molecule has 2 heterocycles. The maximum atomic E-state index is 5.89. The molecule has 5 heteroatoms. The third-order valence-corrected chi connectivity index (χ3v) is 3.21. The van der Waals surface area contributed by atoms with E-state index in [-0.39, 0.29) is 0 Å². The molecule has 0 saturated carbocycles. The molecule has 0 saturated heterocycles. The van der Waals surface area contributed by atoms with Crippen LogP contribution in [0, 0.1) is 0 Å². The Morgan fingerprint density at radius 3 is 3.00 bits per heavy atom. The number of benzene rings is 1. The van der Waals surface area contributed by atoms with Crippen LogP contribution in [-0.4, -0.2) is 14.8 Å². The Morgan fingerprint density at radius 1 is 1.31 bits per heavy atom. The van der Waals surface area contributed by atoms with Gasteiger partial charge in [-0.1, -0.05) is 11.6 Å². The second-order valence-electron chi connectivity index (χ2n) is 3.93. The van der Waals surface area contributed by atoms with Gasteiger partial charge in [0.1, 0.15) is 5.82 Å². The van der Waals surface area contributed by atoms with E-state index in [1.165, 1.54) is 0 Å². The normalized spacial score (nSPS) is 14.1. The number of hydrogen-bond donors (Lipinski definition) is 1. The Bertz CT molecular complexity index is 547. The quantitative estimate of drug-likeness (QED) is 0.769. The molecule has 0 aliphatic carbocycles. The molecule has 1 aliphatic rings. The molecule has 0 atom stereocenters. The summed E-state index contributed by atoms with van der Waals surface area (Å²) in [7, 11) is 0. The van der Waals surface area contributed by atoms with Gasteiger partial charge >= 0.3 is 0 Å². The monoisotopic (exact) mass is 234 g/mol. The number of nitrogens with zero attached hydrogens (tertiary/aromatic N) is 3. The fourth-order valence-corrected chi connectivity index (χ4v) is 2.16. The van der Waals surface area contributed by atoms with Crippen molar-refractivity contribution in [1.82, 2.24) is 14.8 Å². The smallest absolute Gasteiger partial charge is 0.164 e. The summed E-state index contributed by atoms with van der Waals surface area (Å²) < 4.78 is 2.14. The molecule has 3 rings (SSSR count). The van der Waals surface area contributed by atoms with Gasteiger partial charge in [-0.25, -0.2) is 0 Å². The van der Waals surface area contributed by atoms with E-state index in [2.05, 4.69) is 14.8 Å². The molecule has 0 radical (unpaired) electrons. The standard InChI is InChI=1S/C11H11ClN4/c12-8-4-3-7(6-9(8)13)11-15-14-10-2-1-5-16(10)11/h3-4,6H,1-2,5,13H2. The number of fused-ring (bicyclic) bond motifs is 1. The predicted molar refractivity (Wildman–Crippen MR) is 63.2 cm³/mol. The first-order chi connectivity index (χ1) is 7.75. The Morgan fingerprint density at radius 2 is 2.19 bits per heavy atom. The van der Waals surface area contributed by atoms with Crippen molar-refractivity contribution >= 4 is 17.3 Å². The molecule has 0 fully saturated rings. The summed E-state index contributed by atoms with van der Waals surface area (Å²) in [5, 5.41) is 8.93. The number of rotatable bonds is 1. The molecular weight excluding hydrogens is 224 g/mol. The van der Waals surface area contributed by atoms with Crippen LogP contribution in [0.4, 0.5) is 5.69 Å². The zero-order chi connectivity index (χ0) is 11.1. The lowest BCUT2D eigenvalue weighted by Gasteiger charge is -2.04. The third-order valence-electron chi connectivity index (χ3n) is 2.86. The largest absolute Gasteiger partial charge is 0.398 e. The second kappa shape index (κ2) is 3.49. The van der Waals surface area contributed by atoms with Crippen LogP contribution in [0.25, 0.3) is 11.4 Å². The number of anilines is 1. The summed E-state index contributed by atoms with van der Waals surface area (Å²) in [6.45, 7) is 0.986. The van der Waals surface area contributed by atoms with Gasteiger partial charge < -0.3 is 10.3 Å². The van der Waals surface area contributed by atoms with E-state index in [9.17, 15) is 0 Å². The Balaban J connectivity index is 2.11. The van der Waals surface area contributed by atoms with Gasteiger partial charge in [-0.3, -0.25) is 0 Å². The predicted octanol–water partition coefficient (Wildman–Crippen LogP) is 2.13. The molecule has 2 aromatic rings. The number of nitrogens with two attached hydrogens (primary N) is 1. The summed E-state index contributed by atoms with van der Waals surface area (Å²) in [4.78, 5) is 0. The van der Waals surface area contributed by atoms with Crippen LogP contribution in [0.15, 0.2) is 18.2 Å². The molecule has 1 aromatic heterocycles. The fourth-order valence-electron chi connectivity index (χ4n) is 2.05. The van der Waals surface area contributed by atoms with E-state index in [0.717, 1.165) is 36.6 Å². The lowest BCUT2D eigenvalue weighted by Crippen LogP contribution is -1.97. The summed E-state index contributed by atoms with van der Waals surface area (Å²) in [5.74, 6) is 1.94. The minimum atomic E-state index is 0.574. The van der Waals surface area contributed by atoms with Gasteiger partial charge in [-0.15, -0.1) is 10.2 Å². The number of aromatic nitrogens is 3. The van der Waals surface area contributed by atoms with Gasteiger partial charge in [-0.2, -0.15) is 0 Å². The highest BCUT2D eigenvalue weighted by atomic mass is 35.5. The zero-order valence-electron chi connectivity index (χ0n) is 8.65. The molecule has 1 aromatic carbocycles. The summed E-state index contributed by atoms with van der Waals surface area (Å²) in [6, 6.07) is 5.56. The van der Waals surface area contributed by atoms with Crippen molar-refractivity contribution < 1.29 is 0 Å². The maximum Gasteiger partial charge on any atom is 0.164 e. The van der Waals surface area contributed by atoms with Crippen LogP contribution in [0.2, 0.25) is 5.02 Å². The first kappa shape index (κ1) is 9.66. The first-order valence-electron chi connectivity index (χ1n) is 5.23. The van der Waals surface area contributed by atoms with Gasteiger partial charge in [0, 0.05) is 18.5 Å². The van der Waals surface area contributed by atoms with Gasteiger partial charge in [-0.05, 0) is 24.6 Å². The van der Waals surface area contributed by atoms with Gasteiger partial charge in [0.05, 0.1) is 10.7 Å². The minimum absolute atomic E-state index is 0.574. The highest BCUT2D eigenvalue weighted by molar-refractivity contribution is 6.33. The van der Waals surface area contributed by atoms with E-state index < -0.39 is 0 Å². The second-order valence-corrected chi connectivity index (χ2v) is 4.34. The Labute approximate surface area is 98.0 Å². The molecule has 0 amide bonds. The summed E-state index contributed by atoms with van der Waals surface area (Å²) >= 11 is 5.89. The highest BCUT2D eigenvalue weighted by Crippen LogP contribution is 2.27. The maximum absolute atomic E-state index is 5.89. The molecule has 82 valence electrons. The van der Waals surface area contributed by atoms with Crippen molar-refractivity contribution in [3.05, 3.63) is 29.0 Å². The van der Waals surface area contributed by atoms with Crippen LogP contribution < -0.4 is 5.73 Å². The number of hydrogen-bond acceptors (Lipinski definition) is 3. The van der Waals surface area contributed by atoms with E-state index in [1.807, 2.05) is 12.1 Å². The average Bonchev–Trinajstić information content (AvgIpc) is 2.83. The van der Waals surface area contributed by atoms with Crippen molar-refractivity contribution in [3.63, 3.8) is 0 Å². The molecule has 2 N–H and O–H groups in total. The third kappa shape index (κ3) is 1.38.